The van der Waals surface area contributed by atoms with Crippen LogP contribution in [0.5, 0.6) is 0 Å². The Morgan fingerprint density at radius 2 is 1.83 bits per heavy atom. The number of halogens is 2. The Morgan fingerprint density at radius 1 is 1.17 bits per heavy atom. The second-order valence-electron chi connectivity index (χ2n) is 4.94. The Labute approximate surface area is 138 Å². The zero-order valence-electron chi connectivity index (χ0n) is 12.7. The molecule has 0 radical (unpaired) electrons. The number of carbonyl (C=O) groups excluding carboxylic acids is 1. The number of sulfonamides is 1. The average molecular weight is 355 g/mol. The van der Waals surface area contributed by atoms with E-state index >= 15 is 0 Å². The fraction of sp³-hybridized carbons (Fsp3) is 0.200. The summed E-state index contributed by atoms with van der Waals surface area (Å²) in [5.41, 5.74) is -0.221. The molecule has 0 saturated carbocycles. The molecule has 1 heterocycles. The number of benzene rings is 1. The second-order valence-corrected chi connectivity index (χ2v) is 6.84. The van der Waals surface area contributed by atoms with Crippen LogP contribution in [0.2, 0.25) is 0 Å². The van der Waals surface area contributed by atoms with Gasteiger partial charge in [-0.2, -0.15) is 0 Å². The lowest BCUT2D eigenvalue weighted by Crippen LogP contribution is -2.41. The topological polar surface area (TPSA) is 79.4 Å². The molecule has 24 heavy (non-hydrogen) atoms. The first kappa shape index (κ1) is 17.8. The largest absolute Gasteiger partial charge is 0.349 e. The van der Waals surface area contributed by atoms with E-state index in [1.165, 1.54) is 0 Å². The van der Waals surface area contributed by atoms with Crippen LogP contribution < -0.4 is 9.62 Å². The molecule has 0 aliphatic rings. The van der Waals surface area contributed by atoms with Gasteiger partial charge in [-0.15, -0.1) is 0 Å². The van der Waals surface area contributed by atoms with Crippen LogP contribution in [-0.4, -0.2) is 32.1 Å². The molecule has 1 N–H and O–H groups in total. The number of nitrogens with zero attached hydrogens (tertiary/aromatic N) is 2. The van der Waals surface area contributed by atoms with Gasteiger partial charge in [0.15, 0.2) is 11.6 Å². The van der Waals surface area contributed by atoms with Gasteiger partial charge in [-0.25, -0.2) is 17.2 Å². The van der Waals surface area contributed by atoms with Crippen LogP contribution in [0.15, 0.2) is 42.6 Å². The monoisotopic (exact) mass is 355 g/mol. The average Bonchev–Trinajstić information content (AvgIpc) is 2.52. The van der Waals surface area contributed by atoms with E-state index in [-0.39, 0.29) is 6.54 Å². The number of carbonyl (C=O) groups is 1. The molecule has 0 fully saturated rings. The number of rotatable bonds is 6. The van der Waals surface area contributed by atoms with Gasteiger partial charge in [0.25, 0.3) is 0 Å². The fourth-order valence-electron chi connectivity index (χ4n) is 1.97. The van der Waals surface area contributed by atoms with Crippen LogP contribution in [0, 0.1) is 11.6 Å². The minimum absolute atomic E-state index is 0.0665. The maximum Gasteiger partial charge on any atom is 0.241 e. The van der Waals surface area contributed by atoms with Crippen LogP contribution in [-0.2, 0) is 21.4 Å². The maximum absolute atomic E-state index is 13.8. The van der Waals surface area contributed by atoms with Crippen molar-refractivity contribution in [2.75, 3.05) is 17.1 Å². The van der Waals surface area contributed by atoms with Gasteiger partial charge >= 0.3 is 0 Å². The maximum atomic E-state index is 13.8. The van der Waals surface area contributed by atoms with Crippen molar-refractivity contribution in [1.29, 1.82) is 0 Å². The fourth-order valence-corrected chi connectivity index (χ4v) is 2.83. The number of para-hydroxylation sites is 1. The third-order valence-electron chi connectivity index (χ3n) is 3.07. The van der Waals surface area contributed by atoms with E-state index in [0.717, 1.165) is 24.5 Å². The molecule has 2 aromatic rings. The smallest absolute Gasteiger partial charge is 0.241 e. The Bertz CT molecular complexity index is 809. The highest BCUT2D eigenvalue weighted by Gasteiger charge is 2.26. The molecule has 0 saturated heterocycles. The first-order chi connectivity index (χ1) is 11.3. The molecule has 1 amide bonds. The summed E-state index contributed by atoms with van der Waals surface area (Å²) in [5, 5.41) is 2.46. The van der Waals surface area contributed by atoms with Crippen molar-refractivity contribution in [3.8, 4) is 0 Å². The molecule has 0 aliphatic carbocycles. The summed E-state index contributed by atoms with van der Waals surface area (Å²) >= 11 is 0. The summed E-state index contributed by atoms with van der Waals surface area (Å²) in [6, 6.07) is 8.05. The minimum Gasteiger partial charge on any atom is -0.349 e. The van der Waals surface area contributed by atoms with Crippen LogP contribution in [0.4, 0.5) is 14.5 Å². The number of nitrogens with one attached hydrogen (secondary N) is 1. The van der Waals surface area contributed by atoms with Crippen molar-refractivity contribution < 1.29 is 22.0 Å². The highest BCUT2D eigenvalue weighted by molar-refractivity contribution is 7.92. The van der Waals surface area contributed by atoms with Crippen molar-refractivity contribution in [1.82, 2.24) is 10.3 Å². The van der Waals surface area contributed by atoms with E-state index in [4.69, 9.17) is 0 Å². The molecule has 0 aliphatic heterocycles. The predicted molar refractivity (Wildman–Crippen MR) is 84.6 cm³/mol. The number of anilines is 1. The van der Waals surface area contributed by atoms with Crippen molar-refractivity contribution in [2.24, 2.45) is 0 Å². The molecule has 1 aromatic carbocycles. The summed E-state index contributed by atoms with van der Waals surface area (Å²) < 4.78 is 51.8. The predicted octanol–water partition coefficient (Wildman–Crippen LogP) is 1.44. The molecule has 9 heteroatoms. The third-order valence-corrected chi connectivity index (χ3v) is 4.18. The first-order valence-corrected chi connectivity index (χ1v) is 8.72. The van der Waals surface area contributed by atoms with E-state index in [9.17, 15) is 22.0 Å². The zero-order chi connectivity index (χ0) is 17.7. The Hall–Kier alpha value is -2.55. The molecule has 2 rings (SSSR count). The molecule has 1 aromatic heterocycles. The van der Waals surface area contributed by atoms with Crippen molar-refractivity contribution in [3.05, 3.63) is 59.9 Å². The van der Waals surface area contributed by atoms with Gasteiger partial charge in [0.05, 0.1) is 18.5 Å². The molecule has 0 unspecified atom stereocenters. The van der Waals surface area contributed by atoms with Crippen LogP contribution >= 0.6 is 0 Å². The Balaban J connectivity index is 2.17. The van der Waals surface area contributed by atoms with Crippen molar-refractivity contribution >= 4 is 21.6 Å². The van der Waals surface area contributed by atoms with Gasteiger partial charge in [-0.3, -0.25) is 14.1 Å². The molecular formula is C15H15F2N3O3S. The van der Waals surface area contributed by atoms with E-state index in [2.05, 4.69) is 10.3 Å². The second kappa shape index (κ2) is 7.35. The van der Waals surface area contributed by atoms with Crippen LogP contribution in [0.3, 0.4) is 0 Å². The van der Waals surface area contributed by atoms with E-state index < -0.39 is 39.8 Å². The van der Waals surface area contributed by atoms with Gasteiger partial charge in [-0.1, -0.05) is 12.1 Å². The number of hydrogen-bond acceptors (Lipinski definition) is 4. The lowest BCUT2D eigenvalue weighted by atomic mass is 10.3. The van der Waals surface area contributed by atoms with Gasteiger partial charge < -0.3 is 5.32 Å². The molecule has 128 valence electrons. The highest BCUT2D eigenvalue weighted by atomic mass is 32.2. The molecular weight excluding hydrogens is 340 g/mol. The summed E-state index contributed by atoms with van der Waals surface area (Å²) in [4.78, 5) is 16.0. The highest BCUT2D eigenvalue weighted by Crippen LogP contribution is 2.25. The van der Waals surface area contributed by atoms with Crippen LogP contribution in [0.1, 0.15) is 5.69 Å². The van der Waals surface area contributed by atoms with Gasteiger partial charge in [0.1, 0.15) is 12.2 Å². The number of amides is 1. The van der Waals surface area contributed by atoms with E-state index in [1.807, 2.05) is 0 Å². The first-order valence-electron chi connectivity index (χ1n) is 6.87. The summed E-state index contributed by atoms with van der Waals surface area (Å²) in [6.07, 6.45) is 2.31. The zero-order valence-corrected chi connectivity index (χ0v) is 13.6. The summed E-state index contributed by atoms with van der Waals surface area (Å²) in [5.74, 6) is -2.86. The summed E-state index contributed by atoms with van der Waals surface area (Å²) in [6.45, 7) is -0.680. The Kier molecular flexibility index (Phi) is 5.45. The quantitative estimate of drug-likeness (QED) is 0.850. The van der Waals surface area contributed by atoms with Crippen molar-refractivity contribution in [3.63, 3.8) is 0 Å². The van der Waals surface area contributed by atoms with Gasteiger partial charge in [0.2, 0.25) is 15.9 Å². The molecule has 0 bridgehead atoms. The number of pyridine rings is 1. The van der Waals surface area contributed by atoms with Crippen LogP contribution in [0.25, 0.3) is 0 Å². The molecule has 0 atom stereocenters. The molecule has 0 spiro atoms. The number of aromatic nitrogens is 1. The molecule has 6 nitrogen and oxygen atoms in total. The van der Waals surface area contributed by atoms with E-state index in [0.29, 0.717) is 10.00 Å². The SMILES string of the molecule is CS(=O)(=O)N(CC(=O)NCc1ccccn1)c1c(F)cccc1F. The van der Waals surface area contributed by atoms with Crippen molar-refractivity contribution in [2.45, 2.75) is 6.54 Å². The van der Waals surface area contributed by atoms with E-state index in [1.54, 1.807) is 24.4 Å². The minimum atomic E-state index is -4.06. The standard InChI is InChI=1S/C15H15F2N3O3S/c1-24(22,23)20(15-12(16)6-4-7-13(15)17)10-14(21)19-9-11-5-2-3-8-18-11/h2-8H,9-10H2,1H3,(H,19,21). The Morgan fingerprint density at radius 3 is 2.38 bits per heavy atom. The van der Waals surface area contributed by atoms with Gasteiger partial charge in [-0.05, 0) is 24.3 Å². The normalized spacial score (nSPS) is 11.1. The lowest BCUT2D eigenvalue weighted by molar-refractivity contribution is -0.119. The lowest BCUT2D eigenvalue weighted by Gasteiger charge is -2.22. The summed E-state index contributed by atoms with van der Waals surface area (Å²) in [7, 11) is -4.06. The number of hydrogen-bond donors (Lipinski definition) is 1. The third kappa shape index (κ3) is 4.48. The van der Waals surface area contributed by atoms with Gasteiger partial charge in [0, 0.05) is 6.20 Å².